The van der Waals surface area contributed by atoms with Gasteiger partial charge >= 0.3 is 0 Å². The third kappa shape index (κ3) is 7.82. The largest absolute Gasteiger partial charge is 0.350 e. The van der Waals surface area contributed by atoms with Gasteiger partial charge in [0.2, 0.25) is 11.8 Å². The lowest BCUT2D eigenvalue weighted by molar-refractivity contribution is -0.140. The molecule has 1 unspecified atom stereocenters. The molecule has 0 spiro atoms. The number of nitrogens with one attached hydrogen (secondary N) is 1. The topological polar surface area (TPSA) is 49.4 Å². The minimum Gasteiger partial charge on any atom is -0.350 e. The molecule has 162 valence electrons. The summed E-state index contributed by atoms with van der Waals surface area (Å²) in [6.07, 6.45) is 0.531. The van der Waals surface area contributed by atoms with E-state index >= 15 is 0 Å². The highest BCUT2D eigenvalue weighted by atomic mass is 32.2. The van der Waals surface area contributed by atoms with E-state index in [1.54, 1.807) is 17.0 Å². The van der Waals surface area contributed by atoms with E-state index in [2.05, 4.69) is 5.32 Å². The SMILES string of the molecule is CCC(C(=O)NC(C)(C)C)N(Cc1ccccc1)C(=O)CSCc1ccc(F)cc1. The minimum absolute atomic E-state index is 0.0816. The van der Waals surface area contributed by atoms with Crippen molar-refractivity contribution in [2.75, 3.05) is 5.75 Å². The van der Waals surface area contributed by atoms with Gasteiger partial charge in [0.1, 0.15) is 11.9 Å². The van der Waals surface area contributed by atoms with E-state index in [-0.39, 0.29) is 28.9 Å². The smallest absolute Gasteiger partial charge is 0.243 e. The maximum Gasteiger partial charge on any atom is 0.243 e. The zero-order chi connectivity index (χ0) is 22.1. The normalized spacial score (nSPS) is 12.3. The first-order valence-corrected chi connectivity index (χ1v) is 11.3. The van der Waals surface area contributed by atoms with Crippen LogP contribution in [0, 0.1) is 5.82 Å². The van der Waals surface area contributed by atoms with Crippen LogP contribution in [0.3, 0.4) is 0 Å². The van der Waals surface area contributed by atoms with Crippen molar-refractivity contribution in [2.24, 2.45) is 0 Å². The highest BCUT2D eigenvalue weighted by molar-refractivity contribution is 7.99. The number of rotatable bonds is 9. The van der Waals surface area contributed by atoms with Gasteiger partial charge in [0.25, 0.3) is 0 Å². The fourth-order valence-corrected chi connectivity index (χ4v) is 3.94. The Bertz CT molecular complexity index is 819. The first-order valence-electron chi connectivity index (χ1n) is 10.2. The monoisotopic (exact) mass is 430 g/mol. The molecule has 0 saturated carbocycles. The summed E-state index contributed by atoms with van der Waals surface area (Å²) in [5.41, 5.74) is 1.57. The van der Waals surface area contributed by atoms with Gasteiger partial charge in [-0.3, -0.25) is 9.59 Å². The summed E-state index contributed by atoms with van der Waals surface area (Å²) in [7, 11) is 0. The second-order valence-electron chi connectivity index (χ2n) is 8.29. The number of carbonyl (C=O) groups excluding carboxylic acids is 2. The highest BCUT2D eigenvalue weighted by Gasteiger charge is 2.30. The van der Waals surface area contributed by atoms with Crippen molar-refractivity contribution >= 4 is 23.6 Å². The molecule has 2 rings (SSSR count). The van der Waals surface area contributed by atoms with Gasteiger partial charge in [-0.05, 0) is 50.5 Å². The molecule has 2 aromatic rings. The van der Waals surface area contributed by atoms with Gasteiger partial charge in [0, 0.05) is 17.8 Å². The van der Waals surface area contributed by atoms with Crippen LogP contribution in [0.1, 0.15) is 45.2 Å². The molecule has 1 N–H and O–H groups in total. The summed E-state index contributed by atoms with van der Waals surface area (Å²) >= 11 is 1.47. The third-order valence-corrected chi connectivity index (χ3v) is 5.48. The number of nitrogens with zero attached hydrogens (tertiary/aromatic N) is 1. The predicted octanol–water partition coefficient (Wildman–Crippen LogP) is 4.78. The van der Waals surface area contributed by atoms with Gasteiger partial charge in [-0.15, -0.1) is 11.8 Å². The maximum absolute atomic E-state index is 13.1. The number of hydrogen-bond donors (Lipinski definition) is 1. The Kier molecular flexibility index (Phi) is 8.90. The molecule has 0 saturated heterocycles. The Balaban J connectivity index is 2.11. The standard InChI is InChI=1S/C24H31FN2O2S/c1-5-21(23(29)26-24(2,3)4)27(15-18-9-7-6-8-10-18)22(28)17-30-16-19-11-13-20(25)14-12-19/h6-14,21H,5,15-17H2,1-4H3,(H,26,29). The second kappa shape index (κ2) is 11.2. The van der Waals surface area contributed by atoms with E-state index in [9.17, 15) is 14.0 Å². The molecule has 0 aromatic heterocycles. The van der Waals surface area contributed by atoms with Gasteiger partial charge in [-0.1, -0.05) is 49.4 Å². The van der Waals surface area contributed by atoms with E-state index in [4.69, 9.17) is 0 Å². The molecule has 0 heterocycles. The average Bonchev–Trinajstić information content (AvgIpc) is 2.68. The van der Waals surface area contributed by atoms with Crippen molar-refractivity contribution < 1.29 is 14.0 Å². The number of halogens is 1. The summed E-state index contributed by atoms with van der Waals surface area (Å²) in [5, 5.41) is 3.00. The fourth-order valence-electron chi connectivity index (χ4n) is 3.07. The van der Waals surface area contributed by atoms with E-state index in [1.807, 2.05) is 58.0 Å². The number of benzene rings is 2. The van der Waals surface area contributed by atoms with Crippen LogP contribution < -0.4 is 5.32 Å². The minimum atomic E-state index is -0.539. The zero-order valence-electron chi connectivity index (χ0n) is 18.2. The third-order valence-electron chi connectivity index (χ3n) is 4.49. The summed E-state index contributed by atoms with van der Waals surface area (Å²) < 4.78 is 13.1. The van der Waals surface area contributed by atoms with Gasteiger partial charge < -0.3 is 10.2 Å². The van der Waals surface area contributed by atoms with E-state index in [1.165, 1.54) is 23.9 Å². The molecule has 1 atom stereocenters. The second-order valence-corrected chi connectivity index (χ2v) is 9.28. The summed E-state index contributed by atoms with van der Waals surface area (Å²) in [4.78, 5) is 27.7. The molecule has 6 heteroatoms. The molecule has 2 amide bonds. The summed E-state index contributed by atoms with van der Waals surface area (Å²) in [6, 6.07) is 15.4. The van der Waals surface area contributed by atoms with Gasteiger partial charge in [0.05, 0.1) is 5.75 Å². The zero-order valence-corrected chi connectivity index (χ0v) is 19.0. The highest BCUT2D eigenvalue weighted by Crippen LogP contribution is 2.18. The summed E-state index contributed by atoms with van der Waals surface area (Å²) in [5.74, 6) is 0.365. The van der Waals surface area contributed by atoms with Crippen LogP contribution in [0.5, 0.6) is 0 Å². The Morgan fingerprint density at radius 1 is 1.03 bits per heavy atom. The number of hydrogen-bond acceptors (Lipinski definition) is 3. The van der Waals surface area contributed by atoms with Crippen molar-refractivity contribution in [2.45, 2.75) is 58.0 Å². The molecule has 2 aromatic carbocycles. The first kappa shape index (κ1) is 23.9. The Morgan fingerprint density at radius 2 is 1.67 bits per heavy atom. The van der Waals surface area contributed by atoms with Crippen LogP contribution >= 0.6 is 11.8 Å². The lowest BCUT2D eigenvalue weighted by atomic mass is 10.1. The van der Waals surface area contributed by atoms with Crippen LogP contribution in [0.4, 0.5) is 4.39 Å². The fraction of sp³-hybridized carbons (Fsp3) is 0.417. The average molecular weight is 431 g/mol. The Morgan fingerprint density at radius 3 is 2.23 bits per heavy atom. The van der Waals surface area contributed by atoms with Crippen LogP contribution in [0.15, 0.2) is 54.6 Å². The van der Waals surface area contributed by atoms with Gasteiger partial charge in [-0.2, -0.15) is 0 Å². The molecule has 0 aliphatic carbocycles. The van der Waals surface area contributed by atoms with Crippen LogP contribution in [0.2, 0.25) is 0 Å². The van der Waals surface area contributed by atoms with Crippen LogP contribution in [0.25, 0.3) is 0 Å². The molecular formula is C24H31FN2O2S. The van der Waals surface area contributed by atoms with E-state index in [0.29, 0.717) is 18.7 Å². The van der Waals surface area contributed by atoms with Crippen molar-refractivity contribution in [1.29, 1.82) is 0 Å². The first-order chi connectivity index (χ1) is 14.2. The van der Waals surface area contributed by atoms with E-state index < -0.39 is 6.04 Å². The van der Waals surface area contributed by atoms with Gasteiger partial charge in [-0.25, -0.2) is 4.39 Å². The number of thioether (sulfide) groups is 1. The van der Waals surface area contributed by atoms with Crippen LogP contribution in [-0.4, -0.2) is 34.0 Å². The quantitative estimate of drug-likeness (QED) is 0.623. The molecule has 30 heavy (non-hydrogen) atoms. The van der Waals surface area contributed by atoms with Crippen molar-refractivity contribution in [3.05, 3.63) is 71.5 Å². The number of carbonyl (C=O) groups is 2. The maximum atomic E-state index is 13.1. The van der Waals surface area contributed by atoms with Gasteiger partial charge in [0.15, 0.2) is 0 Å². The molecule has 0 radical (unpaired) electrons. The molecule has 0 aliphatic rings. The lowest BCUT2D eigenvalue weighted by Gasteiger charge is -2.33. The number of amides is 2. The van der Waals surface area contributed by atoms with Crippen molar-refractivity contribution in [1.82, 2.24) is 10.2 Å². The Hall–Kier alpha value is -2.34. The Labute approximate surface area is 183 Å². The van der Waals surface area contributed by atoms with E-state index in [0.717, 1.165) is 11.1 Å². The summed E-state index contributed by atoms with van der Waals surface area (Å²) in [6.45, 7) is 8.09. The molecular weight excluding hydrogens is 399 g/mol. The van der Waals surface area contributed by atoms with Crippen molar-refractivity contribution in [3.63, 3.8) is 0 Å². The van der Waals surface area contributed by atoms with Crippen LogP contribution in [-0.2, 0) is 21.9 Å². The molecule has 0 fully saturated rings. The molecule has 4 nitrogen and oxygen atoms in total. The molecule has 0 bridgehead atoms. The molecule has 0 aliphatic heterocycles. The lowest BCUT2D eigenvalue weighted by Crippen LogP contribution is -2.53. The predicted molar refractivity (Wildman–Crippen MR) is 122 cm³/mol. The van der Waals surface area contributed by atoms with Crippen molar-refractivity contribution in [3.8, 4) is 0 Å².